The average Bonchev–Trinajstić information content (AvgIpc) is 3.61. The lowest BCUT2D eigenvalue weighted by Gasteiger charge is -2.08. The van der Waals surface area contributed by atoms with E-state index >= 15 is 0 Å². The molecule has 0 aliphatic heterocycles. The molecule has 6 nitrogen and oxygen atoms in total. The number of carbonyl (C=O) groups is 1. The Morgan fingerprint density at radius 2 is 1.40 bits per heavy atom. The maximum absolute atomic E-state index is 12.8. The lowest BCUT2D eigenvalue weighted by atomic mass is 9.97. The first-order chi connectivity index (χ1) is 17.2. The molecule has 0 fully saturated rings. The Morgan fingerprint density at radius 3 is 2.17 bits per heavy atom. The molecule has 1 amide bonds. The summed E-state index contributed by atoms with van der Waals surface area (Å²) in [6.07, 6.45) is 1.51. The third-order valence-corrected chi connectivity index (χ3v) is 5.80. The average molecular weight is 457 g/mol. The monoisotopic (exact) mass is 457 g/mol. The third-order valence-electron chi connectivity index (χ3n) is 5.80. The summed E-state index contributed by atoms with van der Waals surface area (Å²) in [5, 5.41) is 12.8. The fourth-order valence-corrected chi connectivity index (χ4v) is 4.01. The minimum absolute atomic E-state index is 0.00606. The molecule has 0 atom stereocenters. The number of hydrogen-bond acceptors (Lipinski definition) is 5. The molecule has 0 bridgehead atoms. The largest absolute Gasteiger partial charge is 0.459 e. The summed E-state index contributed by atoms with van der Waals surface area (Å²) in [6, 6.07) is 34.0. The van der Waals surface area contributed by atoms with Crippen molar-refractivity contribution in [1.29, 1.82) is 0 Å². The Morgan fingerprint density at radius 1 is 0.657 bits per heavy atom. The summed E-state index contributed by atoms with van der Waals surface area (Å²) in [5.74, 6) is 0.298. The van der Waals surface area contributed by atoms with Gasteiger partial charge in [-0.2, -0.15) is 0 Å². The number of carbonyl (C=O) groups excluding carboxylic acids is 1. The van der Waals surface area contributed by atoms with Gasteiger partial charge in [0, 0.05) is 5.56 Å². The molecule has 2 aromatic heterocycles. The van der Waals surface area contributed by atoms with E-state index in [0.29, 0.717) is 11.3 Å². The molecule has 0 aliphatic rings. The standard InChI is InChI=1S/C29H19N3O3/c33-27(30-29-32-31-28(35-29)26-9-4-16-34-26)25-8-3-7-23(18-25)20-10-12-21(13-11-20)24-15-14-19-5-1-2-6-22(19)17-24/h1-18H,(H,30,32,33). The van der Waals surface area contributed by atoms with Gasteiger partial charge in [-0.05, 0) is 63.4 Å². The van der Waals surface area contributed by atoms with Crippen molar-refractivity contribution in [3.05, 3.63) is 115 Å². The number of fused-ring (bicyclic) bond motifs is 1. The van der Waals surface area contributed by atoms with E-state index in [-0.39, 0.29) is 17.8 Å². The highest BCUT2D eigenvalue weighted by Gasteiger charge is 2.15. The smallest absolute Gasteiger partial charge is 0.322 e. The first kappa shape index (κ1) is 20.6. The zero-order valence-corrected chi connectivity index (χ0v) is 18.5. The maximum atomic E-state index is 12.8. The van der Waals surface area contributed by atoms with E-state index in [1.165, 1.54) is 17.0 Å². The Bertz CT molecular complexity index is 1630. The van der Waals surface area contributed by atoms with Crippen LogP contribution in [0.2, 0.25) is 0 Å². The van der Waals surface area contributed by atoms with Gasteiger partial charge in [0.1, 0.15) is 0 Å². The molecular weight excluding hydrogens is 438 g/mol. The zero-order valence-electron chi connectivity index (χ0n) is 18.5. The number of aromatic nitrogens is 2. The third kappa shape index (κ3) is 4.20. The van der Waals surface area contributed by atoms with Gasteiger partial charge in [-0.25, -0.2) is 0 Å². The molecule has 2 heterocycles. The second-order valence-corrected chi connectivity index (χ2v) is 8.06. The molecule has 0 saturated carbocycles. The van der Waals surface area contributed by atoms with Crippen LogP contribution in [0.4, 0.5) is 6.01 Å². The number of anilines is 1. The normalized spacial score (nSPS) is 11.0. The van der Waals surface area contributed by atoms with Crippen LogP contribution >= 0.6 is 0 Å². The fourth-order valence-electron chi connectivity index (χ4n) is 4.01. The van der Waals surface area contributed by atoms with Crippen LogP contribution in [-0.4, -0.2) is 16.1 Å². The number of rotatable bonds is 5. The Kier molecular flexibility index (Phi) is 5.16. The number of furan rings is 1. The van der Waals surface area contributed by atoms with E-state index in [4.69, 9.17) is 8.83 Å². The Labute approximate surface area is 200 Å². The second-order valence-electron chi connectivity index (χ2n) is 8.06. The molecule has 0 saturated heterocycles. The van der Waals surface area contributed by atoms with Crippen molar-refractivity contribution in [3.8, 4) is 33.9 Å². The van der Waals surface area contributed by atoms with Crippen LogP contribution in [0.15, 0.2) is 118 Å². The van der Waals surface area contributed by atoms with Crippen LogP contribution in [0.1, 0.15) is 10.4 Å². The van der Waals surface area contributed by atoms with E-state index in [1.807, 2.05) is 24.3 Å². The minimum atomic E-state index is -0.339. The summed E-state index contributed by atoms with van der Waals surface area (Å²) >= 11 is 0. The van der Waals surface area contributed by atoms with Crippen LogP contribution in [0.3, 0.4) is 0 Å². The van der Waals surface area contributed by atoms with Crippen molar-refractivity contribution in [2.45, 2.75) is 0 Å². The molecule has 35 heavy (non-hydrogen) atoms. The van der Waals surface area contributed by atoms with Crippen LogP contribution in [0.5, 0.6) is 0 Å². The fraction of sp³-hybridized carbons (Fsp3) is 0. The molecule has 0 aliphatic carbocycles. The van der Waals surface area contributed by atoms with Gasteiger partial charge in [-0.3, -0.25) is 10.1 Å². The highest BCUT2D eigenvalue weighted by Crippen LogP contribution is 2.28. The number of nitrogens with zero attached hydrogens (tertiary/aromatic N) is 2. The molecule has 1 N–H and O–H groups in total. The van der Waals surface area contributed by atoms with Gasteiger partial charge in [-0.1, -0.05) is 77.9 Å². The molecule has 4 aromatic carbocycles. The van der Waals surface area contributed by atoms with E-state index < -0.39 is 0 Å². The first-order valence-corrected chi connectivity index (χ1v) is 11.1. The number of amides is 1. The van der Waals surface area contributed by atoms with Crippen molar-refractivity contribution in [1.82, 2.24) is 10.2 Å². The van der Waals surface area contributed by atoms with Crippen LogP contribution in [0, 0.1) is 0 Å². The van der Waals surface area contributed by atoms with E-state index in [1.54, 1.807) is 18.2 Å². The molecule has 168 valence electrons. The molecule has 0 unspecified atom stereocenters. The zero-order chi connectivity index (χ0) is 23.6. The number of hydrogen-bond donors (Lipinski definition) is 1. The molecule has 0 radical (unpaired) electrons. The first-order valence-electron chi connectivity index (χ1n) is 11.1. The van der Waals surface area contributed by atoms with E-state index in [0.717, 1.165) is 22.3 Å². The van der Waals surface area contributed by atoms with Gasteiger partial charge in [0.2, 0.25) is 0 Å². The minimum Gasteiger partial charge on any atom is -0.459 e. The predicted molar refractivity (Wildman–Crippen MR) is 135 cm³/mol. The highest BCUT2D eigenvalue weighted by molar-refractivity contribution is 6.03. The molecule has 6 aromatic rings. The second kappa shape index (κ2) is 8.76. The predicted octanol–water partition coefficient (Wildman–Crippen LogP) is 7.07. The van der Waals surface area contributed by atoms with Gasteiger partial charge in [-0.15, -0.1) is 5.10 Å². The molecule has 6 heteroatoms. The quantitative estimate of drug-likeness (QED) is 0.299. The SMILES string of the molecule is O=C(Nc1nnc(-c2ccco2)o1)c1cccc(-c2ccc(-c3ccc4ccccc4c3)cc2)c1. The lowest BCUT2D eigenvalue weighted by Crippen LogP contribution is -2.12. The molecule has 6 rings (SSSR count). The summed E-state index contributed by atoms with van der Waals surface area (Å²) in [6.45, 7) is 0. The summed E-state index contributed by atoms with van der Waals surface area (Å²) in [5.41, 5.74) is 4.74. The number of benzene rings is 4. The number of nitrogens with one attached hydrogen (secondary N) is 1. The summed E-state index contributed by atoms with van der Waals surface area (Å²) in [4.78, 5) is 12.8. The molecular formula is C29H19N3O3. The van der Waals surface area contributed by atoms with Crippen molar-refractivity contribution in [2.24, 2.45) is 0 Å². The van der Waals surface area contributed by atoms with Crippen molar-refractivity contribution >= 4 is 22.7 Å². The van der Waals surface area contributed by atoms with E-state index in [9.17, 15) is 4.79 Å². The van der Waals surface area contributed by atoms with Gasteiger partial charge in [0.05, 0.1) is 6.26 Å². The maximum Gasteiger partial charge on any atom is 0.322 e. The van der Waals surface area contributed by atoms with Crippen LogP contribution in [-0.2, 0) is 0 Å². The Hall–Kier alpha value is -4.97. The van der Waals surface area contributed by atoms with Gasteiger partial charge < -0.3 is 8.83 Å². The van der Waals surface area contributed by atoms with E-state index in [2.05, 4.69) is 76.2 Å². The lowest BCUT2D eigenvalue weighted by molar-refractivity contribution is 0.102. The Balaban J connectivity index is 1.21. The molecule has 0 spiro atoms. The van der Waals surface area contributed by atoms with Gasteiger partial charge >= 0.3 is 6.01 Å². The van der Waals surface area contributed by atoms with Crippen molar-refractivity contribution in [3.63, 3.8) is 0 Å². The van der Waals surface area contributed by atoms with Gasteiger partial charge in [0.15, 0.2) is 5.76 Å². The van der Waals surface area contributed by atoms with Crippen LogP contribution in [0.25, 0.3) is 44.7 Å². The highest BCUT2D eigenvalue weighted by atomic mass is 16.4. The topological polar surface area (TPSA) is 81.2 Å². The van der Waals surface area contributed by atoms with Gasteiger partial charge in [0.25, 0.3) is 11.8 Å². The summed E-state index contributed by atoms with van der Waals surface area (Å²) < 4.78 is 10.7. The van der Waals surface area contributed by atoms with Crippen LogP contribution < -0.4 is 5.32 Å². The summed E-state index contributed by atoms with van der Waals surface area (Å²) in [7, 11) is 0. The van der Waals surface area contributed by atoms with Crippen molar-refractivity contribution < 1.29 is 13.6 Å². The van der Waals surface area contributed by atoms with Crippen molar-refractivity contribution in [2.75, 3.05) is 5.32 Å².